The maximum Gasteiger partial charge on any atom is 0.254 e. The zero-order valence-corrected chi connectivity index (χ0v) is 15.9. The monoisotopic (exact) mass is 373 g/mol. The highest BCUT2D eigenvalue weighted by Crippen LogP contribution is 2.37. The summed E-state index contributed by atoms with van der Waals surface area (Å²) in [6, 6.07) is 25.6. The maximum atomic E-state index is 13.4. The summed E-state index contributed by atoms with van der Waals surface area (Å²) in [7, 11) is 3.37. The molecule has 28 heavy (non-hydrogen) atoms. The minimum atomic E-state index is -1.02. The van der Waals surface area contributed by atoms with Crippen LogP contribution in [0.1, 0.15) is 11.1 Å². The van der Waals surface area contributed by atoms with Gasteiger partial charge in [-0.2, -0.15) is 0 Å². The predicted molar refractivity (Wildman–Crippen MR) is 110 cm³/mol. The van der Waals surface area contributed by atoms with Gasteiger partial charge in [0.05, 0.1) is 7.11 Å². The van der Waals surface area contributed by atoms with Crippen LogP contribution in [0.25, 0.3) is 11.1 Å². The van der Waals surface area contributed by atoms with Gasteiger partial charge in [0, 0.05) is 7.05 Å². The molecule has 5 nitrogen and oxygen atoms in total. The van der Waals surface area contributed by atoms with E-state index in [1.165, 1.54) is 0 Å². The number of hydrogen-bond donors (Lipinski definition) is 2. The van der Waals surface area contributed by atoms with Crippen LogP contribution in [0.4, 0.5) is 0 Å². The standard InChI is InChI=1S/C23H23N3O2/c1-26-21(27)23(25-22(26)24,18-10-4-3-5-11-18)19-12-6-8-16(14-19)17-9-7-13-20(15-17)28-2/h3-15,22,25H,24H2,1-2H3/t22?,23-/m1/s1. The number of nitrogens with two attached hydrogens (primary N) is 1. The van der Waals surface area contributed by atoms with E-state index in [1.54, 1.807) is 19.1 Å². The van der Waals surface area contributed by atoms with Crippen molar-refractivity contribution in [1.82, 2.24) is 10.2 Å². The molecule has 3 aromatic carbocycles. The molecule has 0 aromatic heterocycles. The Morgan fingerprint density at radius 3 is 2.21 bits per heavy atom. The molecule has 0 bridgehead atoms. The van der Waals surface area contributed by atoms with Crippen molar-refractivity contribution in [3.63, 3.8) is 0 Å². The first-order valence-corrected chi connectivity index (χ1v) is 9.17. The molecule has 5 heteroatoms. The predicted octanol–water partition coefficient (Wildman–Crippen LogP) is 2.91. The summed E-state index contributed by atoms with van der Waals surface area (Å²) in [5.41, 5.74) is 8.90. The van der Waals surface area contributed by atoms with Crippen molar-refractivity contribution in [3.8, 4) is 16.9 Å². The van der Waals surface area contributed by atoms with E-state index in [2.05, 4.69) is 5.32 Å². The van der Waals surface area contributed by atoms with E-state index < -0.39 is 11.8 Å². The van der Waals surface area contributed by atoms with Gasteiger partial charge in [-0.15, -0.1) is 0 Å². The number of nitrogens with zero attached hydrogens (tertiary/aromatic N) is 1. The summed E-state index contributed by atoms with van der Waals surface area (Å²) in [6.07, 6.45) is -0.562. The summed E-state index contributed by atoms with van der Waals surface area (Å²) in [5, 5.41) is 3.33. The molecular formula is C23H23N3O2. The first-order valence-electron chi connectivity index (χ1n) is 9.17. The van der Waals surface area contributed by atoms with Gasteiger partial charge in [0.15, 0.2) is 5.54 Å². The van der Waals surface area contributed by atoms with Gasteiger partial charge in [-0.3, -0.25) is 15.8 Å². The summed E-state index contributed by atoms with van der Waals surface area (Å²) < 4.78 is 5.35. The molecule has 1 saturated heterocycles. The molecule has 0 radical (unpaired) electrons. The lowest BCUT2D eigenvalue weighted by atomic mass is 9.81. The number of amides is 1. The van der Waals surface area contributed by atoms with Gasteiger partial charge >= 0.3 is 0 Å². The minimum Gasteiger partial charge on any atom is -0.497 e. The van der Waals surface area contributed by atoms with Crippen LogP contribution in [0, 0.1) is 0 Å². The van der Waals surface area contributed by atoms with Crippen LogP contribution >= 0.6 is 0 Å². The topological polar surface area (TPSA) is 67.6 Å². The molecule has 1 heterocycles. The molecular weight excluding hydrogens is 350 g/mol. The molecule has 4 rings (SSSR count). The lowest BCUT2D eigenvalue weighted by Gasteiger charge is -2.29. The van der Waals surface area contributed by atoms with Gasteiger partial charge in [-0.05, 0) is 40.5 Å². The Morgan fingerprint density at radius 1 is 0.929 bits per heavy atom. The fourth-order valence-electron chi connectivity index (χ4n) is 3.77. The van der Waals surface area contributed by atoms with Gasteiger partial charge in [-0.1, -0.05) is 60.7 Å². The number of likely N-dealkylation sites (N-methyl/N-ethyl adjacent to an activating group) is 1. The zero-order valence-electron chi connectivity index (χ0n) is 15.9. The number of nitrogens with one attached hydrogen (secondary N) is 1. The van der Waals surface area contributed by atoms with Crippen LogP contribution in [0.2, 0.25) is 0 Å². The fraction of sp³-hybridized carbons (Fsp3) is 0.174. The molecule has 1 fully saturated rings. The smallest absolute Gasteiger partial charge is 0.254 e. The van der Waals surface area contributed by atoms with Crippen LogP contribution in [-0.4, -0.2) is 31.3 Å². The quantitative estimate of drug-likeness (QED) is 0.738. The molecule has 1 aliphatic rings. The molecule has 0 aliphatic carbocycles. The van der Waals surface area contributed by atoms with Crippen LogP contribution in [0.3, 0.4) is 0 Å². The van der Waals surface area contributed by atoms with Crippen LogP contribution in [0.15, 0.2) is 78.9 Å². The molecule has 0 spiro atoms. The Kier molecular flexibility index (Phi) is 4.63. The van der Waals surface area contributed by atoms with Gasteiger partial charge < -0.3 is 9.64 Å². The Balaban J connectivity index is 1.88. The highest BCUT2D eigenvalue weighted by atomic mass is 16.5. The van der Waals surface area contributed by atoms with E-state index >= 15 is 0 Å². The largest absolute Gasteiger partial charge is 0.497 e. The second-order valence-electron chi connectivity index (χ2n) is 6.93. The third kappa shape index (κ3) is 2.85. The molecule has 2 atom stereocenters. The van der Waals surface area contributed by atoms with Crippen LogP contribution in [0.5, 0.6) is 5.75 Å². The molecule has 0 saturated carbocycles. The molecule has 3 aromatic rings. The van der Waals surface area contributed by atoms with Crippen molar-refractivity contribution >= 4 is 5.91 Å². The van der Waals surface area contributed by atoms with E-state index in [4.69, 9.17) is 10.5 Å². The van der Waals surface area contributed by atoms with Gasteiger partial charge in [0.1, 0.15) is 12.0 Å². The number of hydrogen-bond acceptors (Lipinski definition) is 4. The Morgan fingerprint density at radius 2 is 1.57 bits per heavy atom. The van der Waals surface area contributed by atoms with Gasteiger partial charge in [0.25, 0.3) is 5.91 Å². The molecule has 1 aliphatic heterocycles. The second-order valence-corrected chi connectivity index (χ2v) is 6.93. The lowest BCUT2D eigenvalue weighted by molar-refractivity contribution is -0.131. The van der Waals surface area contributed by atoms with Crippen LogP contribution in [-0.2, 0) is 10.3 Å². The van der Waals surface area contributed by atoms with E-state index in [9.17, 15) is 4.79 Å². The number of carbonyl (C=O) groups excluding carboxylic acids is 1. The number of carbonyl (C=O) groups is 1. The summed E-state index contributed by atoms with van der Waals surface area (Å²) in [6.45, 7) is 0. The van der Waals surface area contributed by atoms with Crippen molar-refractivity contribution in [1.29, 1.82) is 0 Å². The number of benzene rings is 3. The fourth-order valence-corrected chi connectivity index (χ4v) is 3.77. The van der Waals surface area contributed by atoms with Gasteiger partial charge in [0.2, 0.25) is 0 Å². The summed E-state index contributed by atoms with van der Waals surface area (Å²) >= 11 is 0. The molecule has 1 amide bonds. The lowest BCUT2D eigenvalue weighted by Crippen LogP contribution is -2.47. The zero-order chi connectivity index (χ0) is 19.7. The Labute approximate surface area is 164 Å². The van der Waals surface area contributed by atoms with Crippen molar-refractivity contribution in [3.05, 3.63) is 90.0 Å². The number of methoxy groups -OCH3 is 1. The van der Waals surface area contributed by atoms with E-state index in [-0.39, 0.29) is 5.91 Å². The Hall–Kier alpha value is -3.15. The van der Waals surface area contributed by atoms with Crippen molar-refractivity contribution in [2.45, 2.75) is 11.8 Å². The molecule has 3 N–H and O–H groups in total. The number of rotatable bonds is 4. The number of ether oxygens (including phenoxy) is 1. The SMILES string of the molecule is COc1cccc(-c2cccc([C@@]3(c4ccccc4)NC(N)N(C)C3=O)c2)c1. The third-order valence-corrected chi connectivity index (χ3v) is 5.33. The summed E-state index contributed by atoms with van der Waals surface area (Å²) in [4.78, 5) is 14.9. The highest BCUT2D eigenvalue weighted by molar-refractivity contribution is 5.94. The normalized spacial score (nSPS) is 21.8. The minimum absolute atomic E-state index is 0.0750. The highest BCUT2D eigenvalue weighted by Gasteiger charge is 2.51. The average Bonchev–Trinajstić information content (AvgIpc) is 2.99. The van der Waals surface area contributed by atoms with E-state index in [1.807, 2.05) is 78.9 Å². The van der Waals surface area contributed by atoms with E-state index in [0.717, 1.165) is 28.0 Å². The maximum absolute atomic E-state index is 13.4. The molecule has 142 valence electrons. The van der Waals surface area contributed by atoms with Crippen molar-refractivity contribution in [2.75, 3.05) is 14.2 Å². The van der Waals surface area contributed by atoms with Crippen molar-refractivity contribution < 1.29 is 9.53 Å². The average molecular weight is 373 g/mol. The Bertz CT molecular complexity index is 1010. The first-order chi connectivity index (χ1) is 13.6. The van der Waals surface area contributed by atoms with Crippen LogP contribution < -0.4 is 15.8 Å². The second kappa shape index (κ2) is 7.11. The first kappa shape index (κ1) is 18.2. The van der Waals surface area contributed by atoms with Crippen molar-refractivity contribution in [2.24, 2.45) is 5.73 Å². The van der Waals surface area contributed by atoms with Gasteiger partial charge in [-0.25, -0.2) is 0 Å². The molecule has 1 unspecified atom stereocenters. The third-order valence-electron chi connectivity index (χ3n) is 5.33. The summed E-state index contributed by atoms with van der Waals surface area (Å²) in [5.74, 6) is 0.714. The van der Waals surface area contributed by atoms with E-state index in [0.29, 0.717) is 0 Å².